The van der Waals surface area contributed by atoms with Gasteiger partial charge in [-0.3, -0.25) is 14.5 Å². The SMILES string of the molecule is CCOC(=O)CN(CC)CC(=O)N(C)c1ccccc1. The molecule has 20 heavy (non-hydrogen) atoms. The number of anilines is 1. The van der Waals surface area contributed by atoms with Crippen molar-refractivity contribution in [3.63, 3.8) is 0 Å². The Morgan fingerprint density at radius 1 is 1.10 bits per heavy atom. The summed E-state index contributed by atoms with van der Waals surface area (Å²) in [6, 6.07) is 9.42. The predicted molar refractivity (Wildman–Crippen MR) is 78.6 cm³/mol. The third kappa shape index (κ3) is 5.01. The second-order valence-electron chi connectivity index (χ2n) is 4.40. The zero-order valence-corrected chi connectivity index (χ0v) is 12.3. The Hall–Kier alpha value is -1.88. The fraction of sp³-hybridized carbons (Fsp3) is 0.467. The minimum atomic E-state index is -0.301. The predicted octanol–water partition coefficient (Wildman–Crippen LogP) is 1.53. The average molecular weight is 278 g/mol. The van der Waals surface area contributed by atoms with Gasteiger partial charge in [0.1, 0.15) is 0 Å². The standard InChI is InChI=1S/C15H22N2O3/c1-4-17(12-15(19)20-5-2)11-14(18)16(3)13-9-7-6-8-10-13/h6-10H,4-5,11-12H2,1-3H3. The highest BCUT2D eigenvalue weighted by Crippen LogP contribution is 2.11. The molecule has 0 saturated carbocycles. The Balaban J connectivity index is 2.56. The van der Waals surface area contributed by atoms with Gasteiger partial charge in [0.15, 0.2) is 0 Å². The molecule has 110 valence electrons. The van der Waals surface area contributed by atoms with Crippen LogP contribution < -0.4 is 4.90 Å². The van der Waals surface area contributed by atoms with Crippen molar-refractivity contribution in [1.29, 1.82) is 0 Å². The van der Waals surface area contributed by atoms with Gasteiger partial charge >= 0.3 is 5.97 Å². The van der Waals surface area contributed by atoms with Crippen LogP contribution in [0.5, 0.6) is 0 Å². The maximum absolute atomic E-state index is 12.2. The third-order valence-corrected chi connectivity index (χ3v) is 2.98. The number of carbonyl (C=O) groups is 2. The van der Waals surface area contributed by atoms with Crippen LogP contribution in [0.3, 0.4) is 0 Å². The first-order valence-electron chi connectivity index (χ1n) is 6.78. The van der Waals surface area contributed by atoms with Crippen LogP contribution in [0.2, 0.25) is 0 Å². The molecule has 0 spiro atoms. The molecule has 0 atom stereocenters. The number of likely N-dealkylation sites (N-methyl/N-ethyl adjacent to an activating group) is 2. The lowest BCUT2D eigenvalue weighted by molar-refractivity contribution is -0.144. The van der Waals surface area contributed by atoms with Gasteiger partial charge in [-0.05, 0) is 25.6 Å². The van der Waals surface area contributed by atoms with Crippen LogP contribution in [0.15, 0.2) is 30.3 Å². The minimum absolute atomic E-state index is 0.0534. The number of hydrogen-bond acceptors (Lipinski definition) is 4. The summed E-state index contributed by atoms with van der Waals surface area (Å²) in [7, 11) is 1.73. The van der Waals surface area contributed by atoms with Crippen molar-refractivity contribution in [2.45, 2.75) is 13.8 Å². The van der Waals surface area contributed by atoms with Gasteiger partial charge in [0.2, 0.25) is 5.91 Å². The number of amides is 1. The fourth-order valence-electron chi connectivity index (χ4n) is 1.76. The molecule has 0 radical (unpaired) electrons. The average Bonchev–Trinajstić information content (AvgIpc) is 2.46. The van der Waals surface area contributed by atoms with Crippen molar-refractivity contribution in [1.82, 2.24) is 4.90 Å². The number of hydrogen-bond donors (Lipinski definition) is 0. The zero-order chi connectivity index (χ0) is 15.0. The molecular weight excluding hydrogens is 256 g/mol. The molecular formula is C15H22N2O3. The second-order valence-corrected chi connectivity index (χ2v) is 4.40. The van der Waals surface area contributed by atoms with Crippen LogP contribution in [-0.2, 0) is 14.3 Å². The number of carbonyl (C=O) groups excluding carboxylic acids is 2. The molecule has 0 aliphatic rings. The normalized spacial score (nSPS) is 10.4. The summed E-state index contributed by atoms with van der Waals surface area (Å²) in [6.45, 7) is 4.98. The summed E-state index contributed by atoms with van der Waals surface area (Å²) in [5.74, 6) is -0.355. The first kappa shape index (κ1) is 16.2. The van der Waals surface area contributed by atoms with E-state index >= 15 is 0 Å². The molecule has 0 aromatic heterocycles. The lowest BCUT2D eigenvalue weighted by atomic mass is 10.3. The first-order valence-corrected chi connectivity index (χ1v) is 6.78. The van der Waals surface area contributed by atoms with E-state index in [0.717, 1.165) is 5.69 Å². The van der Waals surface area contributed by atoms with E-state index in [9.17, 15) is 9.59 Å². The van der Waals surface area contributed by atoms with Crippen LogP contribution in [0.4, 0.5) is 5.69 Å². The molecule has 1 aromatic rings. The molecule has 5 heteroatoms. The summed E-state index contributed by atoms with van der Waals surface area (Å²) in [5, 5.41) is 0. The maximum atomic E-state index is 12.2. The van der Waals surface area contributed by atoms with Gasteiger partial charge in [-0.15, -0.1) is 0 Å². The van der Waals surface area contributed by atoms with Crippen molar-refractivity contribution in [3.05, 3.63) is 30.3 Å². The smallest absolute Gasteiger partial charge is 0.320 e. The zero-order valence-electron chi connectivity index (χ0n) is 12.3. The monoisotopic (exact) mass is 278 g/mol. The first-order chi connectivity index (χ1) is 9.58. The fourth-order valence-corrected chi connectivity index (χ4v) is 1.76. The summed E-state index contributed by atoms with van der Waals surface area (Å²) in [4.78, 5) is 27.0. The molecule has 0 aliphatic heterocycles. The van der Waals surface area contributed by atoms with Crippen LogP contribution >= 0.6 is 0 Å². The molecule has 5 nitrogen and oxygen atoms in total. The summed E-state index contributed by atoms with van der Waals surface area (Å²) in [6.07, 6.45) is 0. The van der Waals surface area contributed by atoms with E-state index in [1.807, 2.05) is 37.3 Å². The molecule has 1 aromatic carbocycles. The van der Waals surface area contributed by atoms with E-state index in [1.165, 1.54) is 0 Å². The molecule has 0 unspecified atom stereocenters. The van der Waals surface area contributed by atoms with E-state index in [4.69, 9.17) is 4.74 Å². The number of ether oxygens (including phenoxy) is 1. The molecule has 0 N–H and O–H groups in total. The third-order valence-electron chi connectivity index (χ3n) is 2.98. The summed E-state index contributed by atoms with van der Waals surface area (Å²) < 4.78 is 4.90. The van der Waals surface area contributed by atoms with Crippen molar-refractivity contribution in [2.75, 3.05) is 38.2 Å². The van der Waals surface area contributed by atoms with Crippen molar-refractivity contribution < 1.29 is 14.3 Å². The van der Waals surface area contributed by atoms with E-state index < -0.39 is 0 Å². The lowest BCUT2D eigenvalue weighted by Gasteiger charge is -2.23. The van der Waals surface area contributed by atoms with Crippen LogP contribution in [-0.4, -0.2) is 50.1 Å². The van der Waals surface area contributed by atoms with Gasteiger partial charge in [0.05, 0.1) is 19.7 Å². The van der Waals surface area contributed by atoms with Gasteiger partial charge in [0.25, 0.3) is 0 Å². The van der Waals surface area contributed by atoms with E-state index in [2.05, 4.69) is 0 Å². The van der Waals surface area contributed by atoms with Gasteiger partial charge in [-0.25, -0.2) is 0 Å². The van der Waals surface area contributed by atoms with Gasteiger partial charge in [-0.1, -0.05) is 25.1 Å². The van der Waals surface area contributed by atoms with Gasteiger partial charge < -0.3 is 9.64 Å². The quantitative estimate of drug-likeness (QED) is 0.710. The number of esters is 1. The molecule has 0 fully saturated rings. The minimum Gasteiger partial charge on any atom is -0.465 e. The number of para-hydroxylation sites is 1. The highest BCUT2D eigenvalue weighted by molar-refractivity contribution is 5.94. The Bertz CT molecular complexity index is 434. The number of nitrogens with zero attached hydrogens (tertiary/aromatic N) is 2. The van der Waals surface area contributed by atoms with Crippen LogP contribution in [0.25, 0.3) is 0 Å². The molecule has 0 aliphatic carbocycles. The largest absolute Gasteiger partial charge is 0.465 e. The molecule has 1 amide bonds. The van der Waals surface area contributed by atoms with Crippen LogP contribution in [0.1, 0.15) is 13.8 Å². The molecule has 0 saturated heterocycles. The van der Waals surface area contributed by atoms with E-state index in [-0.39, 0.29) is 25.0 Å². The Morgan fingerprint density at radius 3 is 2.30 bits per heavy atom. The highest BCUT2D eigenvalue weighted by Gasteiger charge is 2.17. The maximum Gasteiger partial charge on any atom is 0.320 e. The molecule has 1 rings (SSSR count). The highest BCUT2D eigenvalue weighted by atomic mass is 16.5. The molecule has 0 heterocycles. The van der Waals surface area contributed by atoms with E-state index in [1.54, 1.807) is 23.8 Å². The second kappa shape index (κ2) is 8.32. The van der Waals surface area contributed by atoms with Crippen LogP contribution in [0, 0.1) is 0 Å². The number of rotatable bonds is 7. The van der Waals surface area contributed by atoms with Crippen molar-refractivity contribution in [2.24, 2.45) is 0 Å². The summed E-state index contributed by atoms with van der Waals surface area (Å²) >= 11 is 0. The topological polar surface area (TPSA) is 49.9 Å². The number of benzene rings is 1. The van der Waals surface area contributed by atoms with E-state index in [0.29, 0.717) is 13.2 Å². The Kier molecular flexibility index (Phi) is 6.73. The lowest BCUT2D eigenvalue weighted by Crippen LogP contribution is -2.41. The Labute approximate surface area is 120 Å². The van der Waals surface area contributed by atoms with Crippen molar-refractivity contribution in [3.8, 4) is 0 Å². The van der Waals surface area contributed by atoms with Crippen molar-refractivity contribution >= 4 is 17.6 Å². The Morgan fingerprint density at radius 2 is 1.75 bits per heavy atom. The van der Waals surface area contributed by atoms with Gasteiger partial charge in [0, 0.05) is 12.7 Å². The van der Waals surface area contributed by atoms with Gasteiger partial charge in [-0.2, -0.15) is 0 Å². The molecule has 0 bridgehead atoms. The summed E-state index contributed by atoms with van der Waals surface area (Å²) in [5.41, 5.74) is 0.838.